The highest BCUT2D eigenvalue weighted by Crippen LogP contribution is 1.78. The van der Waals surface area contributed by atoms with Gasteiger partial charge >= 0.3 is 0 Å². The highest BCUT2D eigenvalue weighted by Gasteiger charge is 1.95. The second kappa shape index (κ2) is 5.87. The maximum Gasteiger partial charge on any atom is 0.300 e. The predicted octanol–water partition coefficient (Wildman–Crippen LogP) is 0.151. The summed E-state index contributed by atoms with van der Waals surface area (Å²) in [6.45, 7) is 4.19. The van der Waals surface area contributed by atoms with Crippen LogP contribution in [0.15, 0.2) is 12.7 Å². The lowest BCUT2D eigenvalue weighted by Gasteiger charge is -1.82. The standard InChI is InChI=1S/C3H6O3S.C2H4O2/c1-2-3-7(4,5)6;1-2(3)4/h2H,1,3H2,(H,4,5,6);1H3,(H,3,4). The van der Waals surface area contributed by atoms with Crippen LogP contribution in [0.25, 0.3) is 0 Å². The lowest BCUT2D eigenvalue weighted by Crippen LogP contribution is -1.99. The van der Waals surface area contributed by atoms with Gasteiger partial charge in [-0.05, 0) is 0 Å². The van der Waals surface area contributed by atoms with Gasteiger partial charge in [0.25, 0.3) is 16.1 Å². The van der Waals surface area contributed by atoms with Crippen molar-refractivity contribution in [3.05, 3.63) is 12.7 Å². The molecule has 0 saturated carbocycles. The first-order valence-electron chi connectivity index (χ1n) is 2.55. The fourth-order valence-corrected chi connectivity index (χ4v) is 0.447. The number of hydrogen-bond acceptors (Lipinski definition) is 3. The zero-order valence-electron chi connectivity index (χ0n) is 6.02. The molecule has 0 aliphatic heterocycles. The van der Waals surface area contributed by atoms with Gasteiger partial charge in [-0.25, -0.2) is 0 Å². The molecule has 0 aromatic heterocycles. The molecule has 0 aliphatic carbocycles. The van der Waals surface area contributed by atoms with Gasteiger partial charge in [0.2, 0.25) is 0 Å². The summed E-state index contributed by atoms with van der Waals surface area (Å²) in [5.74, 6) is -1.20. The molecule has 0 radical (unpaired) electrons. The average Bonchev–Trinajstić information content (AvgIpc) is 1.58. The van der Waals surface area contributed by atoms with E-state index in [0.717, 1.165) is 13.0 Å². The third-order valence-electron chi connectivity index (χ3n) is 0.328. The molecular formula is C5H10O5S. The zero-order valence-corrected chi connectivity index (χ0v) is 6.84. The average molecular weight is 182 g/mol. The summed E-state index contributed by atoms with van der Waals surface area (Å²) in [7, 11) is -3.79. The zero-order chi connectivity index (χ0) is 9.49. The fourth-order valence-electron chi connectivity index (χ4n) is 0.149. The molecule has 0 saturated heterocycles. The molecule has 5 nitrogen and oxygen atoms in total. The number of hydrogen-bond donors (Lipinski definition) is 2. The van der Waals surface area contributed by atoms with Gasteiger partial charge in [-0.2, -0.15) is 8.42 Å². The molecule has 0 atom stereocenters. The van der Waals surface area contributed by atoms with Crippen LogP contribution in [0.2, 0.25) is 0 Å². The summed E-state index contributed by atoms with van der Waals surface area (Å²) in [5.41, 5.74) is 0. The molecule has 0 aromatic carbocycles. The van der Waals surface area contributed by atoms with E-state index in [-0.39, 0.29) is 5.75 Å². The Balaban J connectivity index is 0. The van der Waals surface area contributed by atoms with Gasteiger partial charge in [-0.15, -0.1) is 6.58 Å². The van der Waals surface area contributed by atoms with Crippen molar-refractivity contribution in [2.24, 2.45) is 0 Å². The summed E-state index contributed by atoms with van der Waals surface area (Å²) in [4.78, 5) is 9.00. The van der Waals surface area contributed by atoms with Crippen molar-refractivity contribution in [2.45, 2.75) is 6.92 Å². The number of rotatable bonds is 2. The highest BCUT2D eigenvalue weighted by molar-refractivity contribution is 7.85. The fraction of sp³-hybridized carbons (Fsp3) is 0.400. The third-order valence-corrected chi connectivity index (χ3v) is 0.985. The number of carbonyl (C=O) groups is 1. The van der Waals surface area contributed by atoms with Crippen molar-refractivity contribution >= 4 is 16.1 Å². The van der Waals surface area contributed by atoms with Crippen molar-refractivity contribution in [1.29, 1.82) is 0 Å². The number of carboxylic acids is 1. The SMILES string of the molecule is C=CCS(=O)(=O)O.CC(=O)O. The third kappa shape index (κ3) is 47.5. The molecule has 2 N–H and O–H groups in total. The monoisotopic (exact) mass is 182 g/mol. The van der Waals surface area contributed by atoms with Gasteiger partial charge in [-0.1, -0.05) is 6.08 Å². The Morgan fingerprint density at radius 1 is 1.64 bits per heavy atom. The second-order valence-electron chi connectivity index (χ2n) is 1.56. The van der Waals surface area contributed by atoms with Crippen molar-refractivity contribution < 1.29 is 22.9 Å². The van der Waals surface area contributed by atoms with Crippen molar-refractivity contribution in [1.82, 2.24) is 0 Å². The molecular weight excluding hydrogens is 172 g/mol. The van der Waals surface area contributed by atoms with Crippen LogP contribution in [0.3, 0.4) is 0 Å². The minimum Gasteiger partial charge on any atom is -0.481 e. The first kappa shape index (κ1) is 12.8. The molecule has 0 bridgehead atoms. The molecule has 0 spiro atoms. The lowest BCUT2D eigenvalue weighted by atomic mass is 10.8. The first-order chi connectivity index (χ1) is 4.79. The van der Waals surface area contributed by atoms with E-state index in [1.165, 1.54) is 0 Å². The molecule has 6 heteroatoms. The summed E-state index contributed by atoms with van der Waals surface area (Å²) in [5, 5.41) is 7.42. The summed E-state index contributed by atoms with van der Waals surface area (Å²) >= 11 is 0. The van der Waals surface area contributed by atoms with E-state index >= 15 is 0 Å². The Bertz CT molecular complexity index is 211. The molecule has 66 valence electrons. The van der Waals surface area contributed by atoms with Crippen LogP contribution in [0, 0.1) is 0 Å². The van der Waals surface area contributed by atoms with Crippen LogP contribution in [0.5, 0.6) is 0 Å². The van der Waals surface area contributed by atoms with Gasteiger partial charge in [0.15, 0.2) is 0 Å². The van der Waals surface area contributed by atoms with E-state index in [1.54, 1.807) is 0 Å². The van der Waals surface area contributed by atoms with Crippen LogP contribution in [-0.4, -0.2) is 29.8 Å². The highest BCUT2D eigenvalue weighted by atomic mass is 32.2. The van der Waals surface area contributed by atoms with E-state index in [1.807, 2.05) is 0 Å². The number of aliphatic carboxylic acids is 1. The van der Waals surface area contributed by atoms with Gasteiger partial charge in [0, 0.05) is 6.92 Å². The molecule has 0 unspecified atom stereocenters. The van der Waals surface area contributed by atoms with Crippen molar-refractivity contribution in [3.8, 4) is 0 Å². The quantitative estimate of drug-likeness (QED) is 0.468. The number of carboxylic acid groups (broad SMARTS) is 1. The summed E-state index contributed by atoms with van der Waals surface area (Å²) in [6.07, 6.45) is 1.12. The Labute approximate surface area is 65.1 Å². The Morgan fingerprint density at radius 2 is 1.91 bits per heavy atom. The van der Waals surface area contributed by atoms with E-state index in [9.17, 15) is 8.42 Å². The Hall–Kier alpha value is -0.880. The Kier molecular flexibility index (Phi) is 6.81. The van der Waals surface area contributed by atoms with E-state index in [0.29, 0.717) is 0 Å². The minimum absolute atomic E-state index is 0.368. The summed E-state index contributed by atoms with van der Waals surface area (Å²) < 4.78 is 27.3. The molecule has 0 heterocycles. The van der Waals surface area contributed by atoms with Crippen LogP contribution in [0.1, 0.15) is 6.92 Å². The lowest BCUT2D eigenvalue weighted by molar-refractivity contribution is -0.134. The van der Waals surface area contributed by atoms with Gasteiger partial charge in [0.05, 0.1) is 5.75 Å². The van der Waals surface area contributed by atoms with Gasteiger partial charge in [-0.3, -0.25) is 9.35 Å². The van der Waals surface area contributed by atoms with E-state index in [2.05, 4.69) is 6.58 Å². The second-order valence-corrected chi connectivity index (χ2v) is 3.05. The smallest absolute Gasteiger partial charge is 0.300 e. The molecule has 0 aliphatic rings. The van der Waals surface area contributed by atoms with Gasteiger partial charge in [0.1, 0.15) is 0 Å². The van der Waals surface area contributed by atoms with E-state index in [4.69, 9.17) is 14.5 Å². The molecule has 0 fully saturated rings. The predicted molar refractivity (Wildman–Crippen MR) is 39.9 cm³/mol. The first-order valence-corrected chi connectivity index (χ1v) is 4.16. The van der Waals surface area contributed by atoms with Gasteiger partial charge < -0.3 is 5.11 Å². The van der Waals surface area contributed by atoms with E-state index < -0.39 is 16.1 Å². The largest absolute Gasteiger partial charge is 0.481 e. The maximum atomic E-state index is 9.72. The topological polar surface area (TPSA) is 91.7 Å². The molecule has 0 rings (SSSR count). The molecule has 0 amide bonds. The molecule has 0 aromatic rings. The molecule has 11 heavy (non-hydrogen) atoms. The Morgan fingerprint density at radius 3 is 1.91 bits per heavy atom. The van der Waals surface area contributed by atoms with Crippen molar-refractivity contribution in [3.63, 3.8) is 0 Å². The maximum absolute atomic E-state index is 9.72. The van der Waals surface area contributed by atoms with Crippen LogP contribution in [0.4, 0.5) is 0 Å². The van der Waals surface area contributed by atoms with Crippen LogP contribution >= 0.6 is 0 Å². The normalized spacial score (nSPS) is 9.27. The van der Waals surface area contributed by atoms with Crippen LogP contribution < -0.4 is 0 Å². The summed E-state index contributed by atoms with van der Waals surface area (Å²) in [6, 6.07) is 0. The minimum atomic E-state index is -3.79. The van der Waals surface area contributed by atoms with Crippen LogP contribution in [-0.2, 0) is 14.9 Å². The van der Waals surface area contributed by atoms with Crippen molar-refractivity contribution in [2.75, 3.05) is 5.75 Å².